The van der Waals surface area contributed by atoms with Crippen LogP contribution < -0.4 is 5.73 Å². The van der Waals surface area contributed by atoms with Crippen molar-refractivity contribution in [2.75, 3.05) is 0 Å². The lowest BCUT2D eigenvalue weighted by atomic mass is 10.0. The fourth-order valence-electron chi connectivity index (χ4n) is 1.77. The van der Waals surface area contributed by atoms with Crippen LogP contribution in [-0.2, 0) is 6.42 Å². The zero-order chi connectivity index (χ0) is 13.8. The summed E-state index contributed by atoms with van der Waals surface area (Å²) in [5.74, 6) is 0.0122. The van der Waals surface area contributed by atoms with E-state index < -0.39 is 0 Å². The van der Waals surface area contributed by atoms with Crippen molar-refractivity contribution in [3.8, 4) is 0 Å². The number of Topliss-reactive ketones (excluding diaryl/α,β-unsaturated/α-hetero) is 1. The number of rotatable bonds is 4. The van der Waals surface area contributed by atoms with E-state index in [0.29, 0.717) is 16.1 Å². The molecule has 0 aliphatic heterocycles. The molecule has 0 saturated heterocycles. The van der Waals surface area contributed by atoms with Crippen LogP contribution in [0.2, 0.25) is 5.02 Å². The minimum absolute atomic E-state index is 0.000733. The topological polar surface area (TPSA) is 66.9 Å². The molecule has 0 spiro atoms. The van der Waals surface area contributed by atoms with Gasteiger partial charge in [0, 0.05) is 22.6 Å². The molecule has 0 amide bonds. The molecule has 0 aliphatic rings. The van der Waals surface area contributed by atoms with Crippen molar-refractivity contribution in [1.82, 2.24) is 0 Å². The molecule has 3 N–H and O–H groups in total. The quantitative estimate of drug-likeness (QED) is 0.510. The van der Waals surface area contributed by atoms with E-state index in [4.69, 9.17) is 22.7 Å². The molecule has 0 heterocycles. The summed E-state index contributed by atoms with van der Waals surface area (Å²) in [6.07, 6.45) is 0.281. The number of carbonyl (C=O) groups is 1. The molecule has 19 heavy (non-hydrogen) atoms. The molecule has 2 rings (SSSR count). The van der Waals surface area contributed by atoms with Gasteiger partial charge in [0.25, 0.3) is 0 Å². The van der Waals surface area contributed by atoms with Gasteiger partial charge in [-0.15, -0.1) is 0 Å². The molecule has 0 fully saturated rings. The van der Waals surface area contributed by atoms with Gasteiger partial charge < -0.3 is 5.73 Å². The van der Waals surface area contributed by atoms with Crippen LogP contribution >= 0.6 is 11.6 Å². The van der Waals surface area contributed by atoms with E-state index in [9.17, 15) is 4.79 Å². The third-order valence-electron chi connectivity index (χ3n) is 2.77. The fourth-order valence-corrected chi connectivity index (χ4v) is 1.90. The highest BCUT2D eigenvalue weighted by atomic mass is 35.5. The van der Waals surface area contributed by atoms with Gasteiger partial charge in [-0.25, -0.2) is 0 Å². The molecule has 0 atom stereocenters. The zero-order valence-electron chi connectivity index (χ0n) is 10.2. The Hall–Kier alpha value is -2.13. The van der Waals surface area contributed by atoms with Crippen LogP contribution in [0.25, 0.3) is 0 Å². The Kier molecular flexibility index (Phi) is 3.97. The SMILES string of the molecule is N=C(N)c1cccc(CC(=O)c2ccc(Cl)cc2)c1. The highest BCUT2D eigenvalue weighted by molar-refractivity contribution is 6.30. The molecule has 96 valence electrons. The minimum atomic E-state index is 0.000733. The second-order valence-electron chi connectivity index (χ2n) is 4.22. The first-order valence-corrected chi connectivity index (χ1v) is 6.16. The number of hydrogen-bond donors (Lipinski definition) is 2. The van der Waals surface area contributed by atoms with Crippen molar-refractivity contribution >= 4 is 23.2 Å². The predicted molar refractivity (Wildman–Crippen MR) is 76.9 cm³/mol. The molecule has 0 bridgehead atoms. The molecule has 0 radical (unpaired) electrons. The first-order valence-electron chi connectivity index (χ1n) is 5.78. The Bertz CT molecular complexity index is 620. The lowest BCUT2D eigenvalue weighted by molar-refractivity contribution is 0.0993. The summed E-state index contributed by atoms with van der Waals surface area (Å²) in [6.45, 7) is 0. The van der Waals surface area contributed by atoms with Crippen LogP contribution in [-0.4, -0.2) is 11.6 Å². The van der Waals surface area contributed by atoms with Crippen molar-refractivity contribution in [3.63, 3.8) is 0 Å². The second kappa shape index (κ2) is 5.67. The highest BCUT2D eigenvalue weighted by Gasteiger charge is 2.08. The van der Waals surface area contributed by atoms with Crippen molar-refractivity contribution in [1.29, 1.82) is 5.41 Å². The van der Waals surface area contributed by atoms with E-state index in [2.05, 4.69) is 0 Å². The Morgan fingerprint density at radius 3 is 2.42 bits per heavy atom. The number of amidine groups is 1. The van der Waals surface area contributed by atoms with E-state index in [-0.39, 0.29) is 18.0 Å². The standard InChI is InChI=1S/C15H13ClN2O/c16-13-6-4-11(5-7-13)14(19)9-10-2-1-3-12(8-10)15(17)18/h1-8H,9H2,(H3,17,18). The van der Waals surface area contributed by atoms with Gasteiger partial charge in [-0.3, -0.25) is 10.2 Å². The van der Waals surface area contributed by atoms with Gasteiger partial charge in [-0.2, -0.15) is 0 Å². The number of ketones is 1. The van der Waals surface area contributed by atoms with Gasteiger partial charge >= 0.3 is 0 Å². The van der Waals surface area contributed by atoms with E-state index in [0.717, 1.165) is 5.56 Å². The number of benzene rings is 2. The van der Waals surface area contributed by atoms with Crippen molar-refractivity contribution in [3.05, 3.63) is 70.2 Å². The third-order valence-corrected chi connectivity index (χ3v) is 3.02. The summed E-state index contributed by atoms with van der Waals surface area (Å²) in [7, 11) is 0. The van der Waals surface area contributed by atoms with Gasteiger partial charge in [0.1, 0.15) is 5.84 Å². The van der Waals surface area contributed by atoms with Crippen LogP contribution in [0.5, 0.6) is 0 Å². The second-order valence-corrected chi connectivity index (χ2v) is 4.66. The Morgan fingerprint density at radius 2 is 1.79 bits per heavy atom. The van der Waals surface area contributed by atoms with Crippen molar-refractivity contribution in [2.45, 2.75) is 6.42 Å². The highest BCUT2D eigenvalue weighted by Crippen LogP contribution is 2.13. The van der Waals surface area contributed by atoms with Crippen molar-refractivity contribution in [2.24, 2.45) is 5.73 Å². The molecule has 0 unspecified atom stereocenters. The molecular formula is C15H13ClN2O. The molecular weight excluding hydrogens is 260 g/mol. The summed E-state index contributed by atoms with van der Waals surface area (Å²) in [5, 5.41) is 7.99. The normalized spacial score (nSPS) is 10.2. The van der Waals surface area contributed by atoms with E-state index in [1.54, 1.807) is 42.5 Å². The summed E-state index contributed by atoms with van der Waals surface area (Å²) >= 11 is 5.78. The minimum Gasteiger partial charge on any atom is -0.384 e. The zero-order valence-corrected chi connectivity index (χ0v) is 10.9. The van der Waals surface area contributed by atoms with Gasteiger partial charge in [-0.05, 0) is 35.9 Å². The van der Waals surface area contributed by atoms with Gasteiger partial charge in [-0.1, -0.05) is 29.8 Å². The number of nitrogen functional groups attached to an aromatic ring is 1. The monoisotopic (exact) mass is 272 g/mol. The summed E-state index contributed by atoms with van der Waals surface area (Å²) in [4.78, 5) is 12.1. The van der Waals surface area contributed by atoms with Gasteiger partial charge in [0.2, 0.25) is 0 Å². The number of nitrogens with two attached hydrogens (primary N) is 1. The third kappa shape index (κ3) is 3.42. The van der Waals surface area contributed by atoms with Crippen LogP contribution in [0.3, 0.4) is 0 Å². The Balaban J connectivity index is 2.17. The van der Waals surface area contributed by atoms with Gasteiger partial charge in [0.05, 0.1) is 0 Å². The first-order chi connectivity index (χ1) is 9.06. The molecule has 0 aliphatic carbocycles. The number of hydrogen-bond acceptors (Lipinski definition) is 2. The molecule has 4 heteroatoms. The van der Waals surface area contributed by atoms with Crippen molar-refractivity contribution < 1.29 is 4.79 Å². The smallest absolute Gasteiger partial charge is 0.167 e. The summed E-state index contributed by atoms with van der Waals surface area (Å²) in [5.41, 5.74) is 7.51. The molecule has 2 aromatic carbocycles. The van der Waals surface area contributed by atoms with Crippen LogP contribution in [0.4, 0.5) is 0 Å². The summed E-state index contributed by atoms with van der Waals surface area (Å²) in [6, 6.07) is 14.0. The van der Waals surface area contributed by atoms with E-state index in [1.807, 2.05) is 6.07 Å². The van der Waals surface area contributed by atoms with Crippen LogP contribution in [0.1, 0.15) is 21.5 Å². The van der Waals surface area contributed by atoms with Crippen LogP contribution in [0.15, 0.2) is 48.5 Å². The predicted octanol–water partition coefficient (Wildman–Crippen LogP) is 3.05. The Morgan fingerprint density at radius 1 is 1.11 bits per heavy atom. The lowest BCUT2D eigenvalue weighted by Crippen LogP contribution is -2.12. The van der Waals surface area contributed by atoms with E-state index >= 15 is 0 Å². The summed E-state index contributed by atoms with van der Waals surface area (Å²) < 4.78 is 0. The fraction of sp³-hybridized carbons (Fsp3) is 0.0667. The maximum atomic E-state index is 12.1. The lowest BCUT2D eigenvalue weighted by Gasteiger charge is -2.04. The first kappa shape index (κ1) is 13.3. The molecule has 3 nitrogen and oxygen atoms in total. The maximum absolute atomic E-state index is 12.1. The van der Waals surface area contributed by atoms with E-state index in [1.165, 1.54) is 0 Å². The Labute approximate surface area is 116 Å². The maximum Gasteiger partial charge on any atom is 0.167 e. The van der Waals surface area contributed by atoms with Gasteiger partial charge in [0.15, 0.2) is 5.78 Å². The molecule has 0 aromatic heterocycles. The molecule has 0 saturated carbocycles. The average Bonchev–Trinajstić information content (AvgIpc) is 2.39. The number of nitrogens with one attached hydrogen (secondary N) is 1. The number of carbonyl (C=O) groups excluding carboxylic acids is 1. The largest absolute Gasteiger partial charge is 0.384 e. The average molecular weight is 273 g/mol. The number of halogens is 1. The molecule has 2 aromatic rings. The van der Waals surface area contributed by atoms with Crippen LogP contribution in [0, 0.1) is 5.41 Å².